The summed E-state index contributed by atoms with van der Waals surface area (Å²) >= 11 is 0. The number of ether oxygens (including phenoxy) is 2. The number of rotatable bonds is 7. The molecule has 3 rings (SSSR count). The molecule has 1 N–H and O–H groups in total. The van der Waals surface area contributed by atoms with Crippen LogP contribution < -0.4 is 14.8 Å². The molecule has 0 aromatic heterocycles. The van der Waals surface area contributed by atoms with Crippen LogP contribution in [0.15, 0.2) is 54.6 Å². The fourth-order valence-corrected chi connectivity index (χ4v) is 3.29. The normalized spacial score (nSPS) is 15.3. The van der Waals surface area contributed by atoms with E-state index in [1.165, 1.54) is 5.56 Å². The number of amides is 1. The summed E-state index contributed by atoms with van der Waals surface area (Å²) in [6, 6.07) is 15.8. The van der Waals surface area contributed by atoms with Crippen molar-refractivity contribution in [1.82, 2.24) is 5.32 Å². The van der Waals surface area contributed by atoms with Crippen molar-refractivity contribution in [2.45, 2.75) is 31.7 Å². The minimum absolute atomic E-state index is 0.0812. The van der Waals surface area contributed by atoms with E-state index in [2.05, 4.69) is 17.4 Å². The van der Waals surface area contributed by atoms with E-state index in [1.54, 1.807) is 19.3 Å². The molecule has 1 aliphatic carbocycles. The maximum atomic E-state index is 12.5. The predicted octanol–water partition coefficient (Wildman–Crippen LogP) is 4.30. The number of benzene rings is 2. The SMILES string of the molecule is CCOc1cc(/C=C/C(=O)NC2(c3ccccc3)CCC2)ccc1OC. The van der Waals surface area contributed by atoms with Crippen molar-refractivity contribution in [1.29, 1.82) is 0 Å². The third-order valence-electron chi connectivity index (χ3n) is 4.81. The zero-order valence-electron chi connectivity index (χ0n) is 15.3. The van der Waals surface area contributed by atoms with Crippen LogP contribution in [0.1, 0.15) is 37.3 Å². The van der Waals surface area contributed by atoms with E-state index >= 15 is 0 Å². The molecule has 0 atom stereocenters. The molecule has 1 saturated carbocycles. The van der Waals surface area contributed by atoms with Crippen molar-refractivity contribution in [3.63, 3.8) is 0 Å². The van der Waals surface area contributed by atoms with E-state index in [9.17, 15) is 4.79 Å². The van der Waals surface area contributed by atoms with Gasteiger partial charge in [-0.25, -0.2) is 0 Å². The maximum Gasteiger partial charge on any atom is 0.244 e. The van der Waals surface area contributed by atoms with E-state index in [0.717, 1.165) is 24.8 Å². The quantitative estimate of drug-likeness (QED) is 0.757. The molecule has 4 heteroatoms. The van der Waals surface area contributed by atoms with E-state index in [4.69, 9.17) is 9.47 Å². The minimum Gasteiger partial charge on any atom is -0.493 e. The van der Waals surface area contributed by atoms with Gasteiger partial charge in [-0.1, -0.05) is 36.4 Å². The van der Waals surface area contributed by atoms with Gasteiger partial charge in [-0.15, -0.1) is 0 Å². The van der Waals surface area contributed by atoms with Crippen LogP contribution in [-0.4, -0.2) is 19.6 Å². The number of carbonyl (C=O) groups excluding carboxylic acids is 1. The summed E-state index contributed by atoms with van der Waals surface area (Å²) in [6.07, 6.45) is 6.48. The van der Waals surface area contributed by atoms with Crippen LogP contribution in [0, 0.1) is 0 Å². The molecular weight excluding hydrogens is 326 g/mol. The molecule has 0 aliphatic heterocycles. The van der Waals surface area contributed by atoms with Crippen molar-refractivity contribution in [3.05, 3.63) is 65.7 Å². The standard InChI is InChI=1S/C22H25NO3/c1-3-26-20-16-17(10-12-19(20)25-2)11-13-21(24)23-22(14-7-15-22)18-8-5-4-6-9-18/h4-6,8-13,16H,3,7,14-15H2,1-2H3,(H,23,24)/b13-11+. The highest BCUT2D eigenvalue weighted by molar-refractivity contribution is 5.92. The third kappa shape index (κ3) is 3.90. The Kier molecular flexibility index (Phi) is 5.61. The van der Waals surface area contributed by atoms with Crippen LogP contribution in [-0.2, 0) is 10.3 Å². The van der Waals surface area contributed by atoms with Gasteiger partial charge < -0.3 is 14.8 Å². The van der Waals surface area contributed by atoms with Crippen molar-refractivity contribution in [2.24, 2.45) is 0 Å². The van der Waals surface area contributed by atoms with Gasteiger partial charge in [0.05, 0.1) is 19.3 Å². The fourth-order valence-electron chi connectivity index (χ4n) is 3.29. The number of hydrogen-bond donors (Lipinski definition) is 1. The molecule has 4 nitrogen and oxygen atoms in total. The Morgan fingerprint density at radius 2 is 1.92 bits per heavy atom. The van der Waals surface area contributed by atoms with E-state index < -0.39 is 0 Å². The molecule has 0 radical (unpaired) electrons. The van der Waals surface area contributed by atoms with Crippen molar-refractivity contribution in [2.75, 3.05) is 13.7 Å². The van der Waals surface area contributed by atoms with E-state index in [-0.39, 0.29) is 11.4 Å². The molecule has 0 heterocycles. The van der Waals surface area contributed by atoms with Crippen LogP contribution in [0.5, 0.6) is 11.5 Å². The first-order chi connectivity index (χ1) is 12.7. The summed E-state index contributed by atoms with van der Waals surface area (Å²) < 4.78 is 10.9. The minimum atomic E-state index is -0.223. The summed E-state index contributed by atoms with van der Waals surface area (Å²) in [5.74, 6) is 1.28. The van der Waals surface area contributed by atoms with Gasteiger partial charge in [-0.05, 0) is 55.5 Å². The van der Waals surface area contributed by atoms with Crippen molar-refractivity contribution < 1.29 is 14.3 Å². The molecule has 0 bridgehead atoms. The Morgan fingerprint density at radius 3 is 2.54 bits per heavy atom. The first-order valence-corrected chi connectivity index (χ1v) is 9.03. The average Bonchev–Trinajstić information content (AvgIpc) is 2.64. The predicted molar refractivity (Wildman–Crippen MR) is 103 cm³/mol. The topological polar surface area (TPSA) is 47.6 Å². The largest absolute Gasteiger partial charge is 0.493 e. The molecule has 1 amide bonds. The molecule has 1 fully saturated rings. The van der Waals surface area contributed by atoms with E-state index in [0.29, 0.717) is 18.1 Å². The summed E-state index contributed by atoms with van der Waals surface area (Å²) in [7, 11) is 1.61. The lowest BCUT2D eigenvalue weighted by Gasteiger charge is -2.42. The monoisotopic (exact) mass is 351 g/mol. The lowest BCUT2D eigenvalue weighted by Crippen LogP contribution is -2.50. The number of carbonyl (C=O) groups is 1. The summed E-state index contributed by atoms with van der Waals surface area (Å²) in [5, 5.41) is 3.20. The van der Waals surface area contributed by atoms with Gasteiger partial charge in [0.1, 0.15) is 0 Å². The van der Waals surface area contributed by atoms with Crippen LogP contribution in [0.4, 0.5) is 0 Å². The second-order valence-electron chi connectivity index (χ2n) is 6.47. The second kappa shape index (κ2) is 8.09. The number of hydrogen-bond acceptors (Lipinski definition) is 3. The fraction of sp³-hybridized carbons (Fsp3) is 0.318. The molecular formula is C22H25NO3. The lowest BCUT2D eigenvalue weighted by atomic mass is 9.72. The van der Waals surface area contributed by atoms with Gasteiger partial charge in [-0.3, -0.25) is 4.79 Å². The summed E-state index contributed by atoms with van der Waals surface area (Å²) in [4.78, 5) is 12.5. The molecule has 0 spiro atoms. The molecule has 2 aromatic rings. The maximum absolute atomic E-state index is 12.5. The van der Waals surface area contributed by atoms with Gasteiger partial charge in [-0.2, -0.15) is 0 Å². The Bertz CT molecular complexity index is 779. The van der Waals surface area contributed by atoms with Gasteiger partial charge in [0.15, 0.2) is 11.5 Å². The average molecular weight is 351 g/mol. The zero-order valence-corrected chi connectivity index (χ0v) is 15.3. The first kappa shape index (κ1) is 18.1. The molecule has 0 saturated heterocycles. The Labute approximate surface area is 154 Å². The number of nitrogens with one attached hydrogen (secondary N) is 1. The highest BCUT2D eigenvalue weighted by atomic mass is 16.5. The van der Waals surface area contributed by atoms with Gasteiger partial charge in [0.2, 0.25) is 5.91 Å². The van der Waals surface area contributed by atoms with Crippen LogP contribution in [0.25, 0.3) is 6.08 Å². The van der Waals surface area contributed by atoms with Crippen molar-refractivity contribution >= 4 is 12.0 Å². The second-order valence-corrected chi connectivity index (χ2v) is 6.47. The molecule has 0 unspecified atom stereocenters. The smallest absolute Gasteiger partial charge is 0.244 e. The lowest BCUT2D eigenvalue weighted by molar-refractivity contribution is -0.119. The summed E-state index contributed by atoms with van der Waals surface area (Å²) in [6.45, 7) is 2.49. The van der Waals surface area contributed by atoms with E-state index in [1.807, 2.05) is 43.3 Å². The molecule has 136 valence electrons. The Balaban J connectivity index is 1.71. The highest BCUT2D eigenvalue weighted by Crippen LogP contribution is 2.41. The third-order valence-corrected chi connectivity index (χ3v) is 4.81. The zero-order chi connectivity index (χ0) is 18.4. The van der Waals surface area contributed by atoms with Gasteiger partial charge in [0.25, 0.3) is 0 Å². The molecule has 2 aromatic carbocycles. The van der Waals surface area contributed by atoms with Crippen molar-refractivity contribution in [3.8, 4) is 11.5 Å². The first-order valence-electron chi connectivity index (χ1n) is 9.03. The summed E-state index contributed by atoms with van der Waals surface area (Å²) in [5.41, 5.74) is 1.85. The molecule has 26 heavy (non-hydrogen) atoms. The Hall–Kier alpha value is -2.75. The molecule has 1 aliphatic rings. The van der Waals surface area contributed by atoms with Crippen LogP contribution in [0.3, 0.4) is 0 Å². The number of methoxy groups -OCH3 is 1. The van der Waals surface area contributed by atoms with Crippen LogP contribution >= 0.6 is 0 Å². The van der Waals surface area contributed by atoms with Gasteiger partial charge >= 0.3 is 0 Å². The Morgan fingerprint density at radius 1 is 1.15 bits per heavy atom. The van der Waals surface area contributed by atoms with Crippen LogP contribution in [0.2, 0.25) is 0 Å². The highest BCUT2D eigenvalue weighted by Gasteiger charge is 2.39. The van der Waals surface area contributed by atoms with Gasteiger partial charge in [0, 0.05) is 6.08 Å².